The van der Waals surface area contributed by atoms with Crippen molar-refractivity contribution in [3.63, 3.8) is 0 Å². The zero-order chi connectivity index (χ0) is 20.6. The largest absolute Gasteiger partial charge is 0.352 e. The van der Waals surface area contributed by atoms with Crippen LogP contribution in [0.1, 0.15) is 45.6 Å². The Hall–Kier alpha value is -3.16. The van der Waals surface area contributed by atoms with E-state index in [1.807, 2.05) is 49.9 Å². The van der Waals surface area contributed by atoms with Crippen LogP contribution in [0, 0.1) is 0 Å². The lowest BCUT2D eigenvalue weighted by Gasteiger charge is -2.26. The Kier molecular flexibility index (Phi) is 4.86. The summed E-state index contributed by atoms with van der Waals surface area (Å²) in [6.07, 6.45) is 4.19. The maximum atomic E-state index is 12.4. The number of fused-ring (bicyclic) bond motifs is 1. The molecule has 0 saturated carbocycles. The maximum absolute atomic E-state index is 12.4. The van der Waals surface area contributed by atoms with E-state index in [-0.39, 0.29) is 17.0 Å². The van der Waals surface area contributed by atoms with Crippen LogP contribution in [0.5, 0.6) is 0 Å². The molecule has 0 spiro atoms. The van der Waals surface area contributed by atoms with Crippen molar-refractivity contribution in [1.82, 2.24) is 19.7 Å². The SMILES string of the molecule is CC(C)(C)n1ncc2c(=O)[nH]c(NCc3ccc(N4CCCCC4=O)cc3)nc21. The van der Waals surface area contributed by atoms with Gasteiger partial charge in [-0.1, -0.05) is 12.1 Å². The van der Waals surface area contributed by atoms with Crippen molar-refractivity contribution in [3.8, 4) is 0 Å². The summed E-state index contributed by atoms with van der Waals surface area (Å²) in [5.41, 5.74) is 2.03. The summed E-state index contributed by atoms with van der Waals surface area (Å²) in [5.74, 6) is 0.594. The lowest BCUT2D eigenvalue weighted by Crippen LogP contribution is -2.35. The van der Waals surface area contributed by atoms with Gasteiger partial charge in [0, 0.05) is 25.2 Å². The Morgan fingerprint density at radius 2 is 1.90 bits per heavy atom. The van der Waals surface area contributed by atoms with Gasteiger partial charge in [0.1, 0.15) is 5.39 Å². The van der Waals surface area contributed by atoms with Crippen LogP contribution in [-0.2, 0) is 16.9 Å². The number of aromatic amines is 1. The molecule has 0 radical (unpaired) electrons. The van der Waals surface area contributed by atoms with Gasteiger partial charge in [-0.15, -0.1) is 0 Å². The van der Waals surface area contributed by atoms with E-state index >= 15 is 0 Å². The van der Waals surface area contributed by atoms with Crippen LogP contribution in [0.2, 0.25) is 0 Å². The van der Waals surface area contributed by atoms with Gasteiger partial charge >= 0.3 is 0 Å². The van der Waals surface area contributed by atoms with E-state index in [1.54, 1.807) is 10.9 Å². The molecule has 2 N–H and O–H groups in total. The minimum Gasteiger partial charge on any atom is -0.352 e. The van der Waals surface area contributed by atoms with Gasteiger partial charge in [0.2, 0.25) is 11.9 Å². The number of H-pyrrole nitrogens is 1. The van der Waals surface area contributed by atoms with Crippen LogP contribution in [0.4, 0.5) is 11.6 Å². The second kappa shape index (κ2) is 7.35. The smallest absolute Gasteiger partial charge is 0.263 e. The summed E-state index contributed by atoms with van der Waals surface area (Å²) < 4.78 is 1.76. The van der Waals surface area contributed by atoms with Gasteiger partial charge in [0.15, 0.2) is 5.65 Å². The highest BCUT2D eigenvalue weighted by molar-refractivity contribution is 5.93. The average Bonchev–Trinajstić information content (AvgIpc) is 3.12. The van der Waals surface area contributed by atoms with E-state index in [4.69, 9.17) is 0 Å². The van der Waals surface area contributed by atoms with Crippen molar-refractivity contribution in [2.45, 2.75) is 52.1 Å². The number of nitrogens with one attached hydrogen (secondary N) is 2. The number of rotatable bonds is 4. The highest BCUT2D eigenvalue weighted by atomic mass is 16.2. The molecule has 1 fully saturated rings. The first-order chi connectivity index (χ1) is 13.8. The molecule has 8 nitrogen and oxygen atoms in total. The normalized spacial score (nSPS) is 15.1. The molecule has 1 amide bonds. The first-order valence-electron chi connectivity index (χ1n) is 9.95. The van der Waals surface area contributed by atoms with Gasteiger partial charge in [-0.05, 0) is 51.3 Å². The van der Waals surface area contributed by atoms with Gasteiger partial charge in [-0.3, -0.25) is 14.6 Å². The Morgan fingerprint density at radius 3 is 2.59 bits per heavy atom. The van der Waals surface area contributed by atoms with Crippen molar-refractivity contribution in [2.75, 3.05) is 16.8 Å². The highest BCUT2D eigenvalue weighted by Crippen LogP contribution is 2.22. The fourth-order valence-corrected chi connectivity index (χ4v) is 3.55. The minimum absolute atomic E-state index is 0.188. The van der Waals surface area contributed by atoms with Crippen LogP contribution >= 0.6 is 0 Å². The molecule has 2 aromatic heterocycles. The first-order valence-corrected chi connectivity index (χ1v) is 9.95. The molecule has 3 aromatic rings. The number of carbonyl (C=O) groups is 1. The van der Waals surface area contributed by atoms with Crippen molar-refractivity contribution >= 4 is 28.6 Å². The minimum atomic E-state index is -0.276. The molecule has 0 aliphatic carbocycles. The zero-order valence-electron chi connectivity index (χ0n) is 17.0. The molecule has 152 valence electrons. The number of anilines is 2. The van der Waals surface area contributed by atoms with Crippen molar-refractivity contribution < 1.29 is 4.79 Å². The summed E-state index contributed by atoms with van der Waals surface area (Å²) in [4.78, 5) is 33.6. The predicted octanol–water partition coefficient (Wildman–Crippen LogP) is 3.00. The fourth-order valence-electron chi connectivity index (χ4n) is 3.55. The second-order valence-corrected chi connectivity index (χ2v) is 8.40. The van der Waals surface area contributed by atoms with Crippen LogP contribution in [0.3, 0.4) is 0 Å². The molecule has 1 aromatic carbocycles. The second-order valence-electron chi connectivity index (χ2n) is 8.40. The number of aromatic nitrogens is 4. The van der Waals surface area contributed by atoms with Crippen molar-refractivity contribution in [2.24, 2.45) is 0 Å². The lowest BCUT2D eigenvalue weighted by atomic mass is 10.1. The molecule has 0 bridgehead atoms. The molecular formula is C21H26N6O2. The van der Waals surface area contributed by atoms with Crippen molar-refractivity contribution in [3.05, 3.63) is 46.4 Å². The summed E-state index contributed by atoms with van der Waals surface area (Å²) in [7, 11) is 0. The first kappa shape index (κ1) is 19.2. The fraction of sp³-hybridized carbons (Fsp3) is 0.429. The number of benzene rings is 1. The van der Waals surface area contributed by atoms with E-state index < -0.39 is 0 Å². The predicted molar refractivity (Wildman–Crippen MR) is 113 cm³/mol. The Morgan fingerprint density at radius 1 is 1.14 bits per heavy atom. The molecular weight excluding hydrogens is 368 g/mol. The molecule has 1 aliphatic rings. The lowest BCUT2D eigenvalue weighted by molar-refractivity contribution is -0.119. The zero-order valence-corrected chi connectivity index (χ0v) is 17.0. The van der Waals surface area contributed by atoms with Crippen molar-refractivity contribution in [1.29, 1.82) is 0 Å². The number of piperidine rings is 1. The maximum Gasteiger partial charge on any atom is 0.263 e. The number of carbonyl (C=O) groups excluding carboxylic acids is 1. The monoisotopic (exact) mass is 394 g/mol. The Balaban J connectivity index is 1.51. The van der Waals surface area contributed by atoms with E-state index in [9.17, 15) is 9.59 Å². The Bertz CT molecular complexity index is 1090. The van der Waals surface area contributed by atoms with Crippen LogP contribution < -0.4 is 15.8 Å². The summed E-state index contributed by atoms with van der Waals surface area (Å²) in [6, 6.07) is 7.91. The molecule has 1 aliphatic heterocycles. The van der Waals surface area contributed by atoms with E-state index in [2.05, 4.69) is 20.4 Å². The molecule has 4 rings (SSSR count). The summed E-state index contributed by atoms with van der Waals surface area (Å²) >= 11 is 0. The highest BCUT2D eigenvalue weighted by Gasteiger charge is 2.20. The number of hydrogen-bond donors (Lipinski definition) is 2. The van der Waals surface area contributed by atoms with Gasteiger partial charge in [0.05, 0.1) is 11.7 Å². The number of hydrogen-bond acceptors (Lipinski definition) is 5. The van der Waals surface area contributed by atoms with E-state index in [0.717, 1.165) is 30.6 Å². The van der Waals surface area contributed by atoms with E-state index in [1.165, 1.54) is 0 Å². The molecule has 3 heterocycles. The molecule has 0 unspecified atom stereocenters. The summed E-state index contributed by atoms with van der Waals surface area (Å²) in [6.45, 7) is 7.34. The topological polar surface area (TPSA) is 95.9 Å². The van der Waals surface area contributed by atoms with Crippen LogP contribution in [0.25, 0.3) is 11.0 Å². The average molecular weight is 394 g/mol. The Labute approximate surface area is 168 Å². The number of amides is 1. The molecule has 1 saturated heterocycles. The summed E-state index contributed by atoms with van der Waals surface area (Å²) in [5, 5.41) is 7.98. The van der Waals surface area contributed by atoms with Crippen LogP contribution in [-0.4, -0.2) is 32.2 Å². The number of nitrogens with zero attached hydrogens (tertiary/aromatic N) is 4. The van der Waals surface area contributed by atoms with Gasteiger partial charge < -0.3 is 10.2 Å². The van der Waals surface area contributed by atoms with Gasteiger partial charge in [-0.25, -0.2) is 4.68 Å². The molecule has 29 heavy (non-hydrogen) atoms. The quantitative estimate of drug-likeness (QED) is 0.709. The van der Waals surface area contributed by atoms with E-state index in [0.29, 0.717) is 29.9 Å². The third-order valence-electron chi connectivity index (χ3n) is 5.10. The standard InChI is InChI=1S/C21H26N6O2/c1-21(2,3)27-18-16(13-23-27)19(29)25-20(24-18)22-12-14-7-9-15(10-8-14)26-11-5-4-6-17(26)28/h7-10,13H,4-6,11-12H2,1-3H3,(H2,22,24,25,29). The molecule has 8 heteroatoms. The van der Waals surface area contributed by atoms with Crippen LogP contribution in [0.15, 0.2) is 35.3 Å². The third kappa shape index (κ3) is 3.87. The van der Waals surface area contributed by atoms with Gasteiger partial charge in [0.25, 0.3) is 5.56 Å². The third-order valence-corrected chi connectivity index (χ3v) is 5.10. The molecule has 0 atom stereocenters. The van der Waals surface area contributed by atoms with Gasteiger partial charge in [-0.2, -0.15) is 10.1 Å².